The molecule has 1 aromatic carbocycles. The van der Waals surface area contributed by atoms with Crippen LogP contribution < -0.4 is 10.6 Å². The number of nitrogens with zero attached hydrogens (tertiary/aromatic N) is 1. The quantitative estimate of drug-likeness (QED) is 0.881. The van der Waals surface area contributed by atoms with Gasteiger partial charge in [0.2, 0.25) is 0 Å². The zero-order chi connectivity index (χ0) is 13.9. The van der Waals surface area contributed by atoms with E-state index in [1.54, 1.807) is 17.4 Å². The Labute approximate surface area is 123 Å². The number of hydrogen-bond acceptors (Lipinski definition) is 3. The maximum Gasteiger partial charge on any atom is 0.128 e. The van der Waals surface area contributed by atoms with Gasteiger partial charge in [0.1, 0.15) is 5.82 Å². The van der Waals surface area contributed by atoms with Crippen LogP contribution in [0.5, 0.6) is 0 Å². The van der Waals surface area contributed by atoms with Crippen LogP contribution in [0.1, 0.15) is 24.0 Å². The predicted molar refractivity (Wildman–Crippen MR) is 82.7 cm³/mol. The largest absolute Gasteiger partial charge is 0.364 e. The fourth-order valence-corrected chi connectivity index (χ4v) is 3.24. The summed E-state index contributed by atoms with van der Waals surface area (Å²) in [5.74, 6) is -0.135. The normalized spacial score (nSPS) is 14.5. The first-order valence-electron chi connectivity index (χ1n) is 7.04. The Balaban J connectivity index is 1.93. The second kappa shape index (κ2) is 5.94. The van der Waals surface area contributed by atoms with Gasteiger partial charge in [0, 0.05) is 23.8 Å². The maximum atomic E-state index is 14.1. The fourth-order valence-electron chi connectivity index (χ4n) is 2.58. The van der Waals surface area contributed by atoms with Crippen LogP contribution in [0.15, 0.2) is 35.0 Å². The van der Waals surface area contributed by atoms with Gasteiger partial charge >= 0.3 is 0 Å². The van der Waals surface area contributed by atoms with Crippen LogP contribution >= 0.6 is 11.3 Å². The summed E-state index contributed by atoms with van der Waals surface area (Å²) in [5, 5.41) is 4.25. The minimum absolute atomic E-state index is 0.135. The van der Waals surface area contributed by atoms with Gasteiger partial charge in [0.25, 0.3) is 0 Å². The molecule has 0 bridgehead atoms. The Hall–Kier alpha value is -1.39. The number of nitrogens with two attached hydrogens (primary N) is 1. The Bertz CT molecular complexity index is 564. The lowest BCUT2D eigenvalue weighted by atomic mass is 10.1. The molecule has 0 unspecified atom stereocenters. The summed E-state index contributed by atoms with van der Waals surface area (Å²) >= 11 is 1.71. The highest BCUT2D eigenvalue weighted by atomic mass is 32.1. The summed E-state index contributed by atoms with van der Waals surface area (Å²) in [4.78, 5) is 2.34. The molecule has 1 aromatic heterocycles. The molecule has 1 aliphatic rings. The minimum atomic E-state index is -0.135. The predicted octanol–water partition coefficient (Wildman–Crippen LogP) is 3.56. The van der Waals surface area contributed by atoms with E-state index in [0.717, 1.165) is 17.8 Å². The monoisotopic (exact) mass is 290 g/mol. The van der Waals surface area contributed by atoms with Gasteiger partial charge in [-0.05, 0) is 60.3 Å². The highest BCUT2D eigenvalue weighted by Crippen LogP contribution is 2.36. The lowest BCUT2D eigenvalue weighted by Gasteiger charge is -2.27. The van der Waals surface area contributed by atoms with Gasteiger partial charge in [-0.2, -0.15) is 11.3 Å². The lowest BCUT2D eigenvalue weighted by molar-refractivity contribution is 0.607. The fraction of sp³-hybridized carbons (Fsp3) is 0.375. The smallest absolute Gasteiger partial charge is 0.128 e. The maximum absolute atomic E-state index is 14.1. The third kappa shape index (κ3) is 2.86. The minimum Gasteiger partial charge on any atom is -0.364 e. The zero-order valence-electron chi connectivity index (χ0n) is 11.4. The first kappa shape index (κ1) is 13.6. The zero-order valence-corrected chi connectivity index (χ0v) is 12.2. The molecule has 1 aliphatic carbocycles. The number of hydrogen-bond donors (Lipinski definition) is 1. The van der Waals surface area contributed by atoms with Crippen LogP contribution in [0.2, 0.25) is 0 Å². The first-order valence-corrected chi connectivity index (χ1v) is 7.99. The van der Waals surface area contributed by atoms with Gasteiger partial charge in [0.15, 0.2) is 0 Å². The van der Waals surface area contributed by atoms with Gasteiger partial charge in [-0.15, -0.1) is 0 Å². The molecule has 0 radical (unpaired) electrons. The van der Waals surface area contributed by atoms with Crippen molar-refractivity contribution >= 4 is 17.0 Å². The topological polar surface area (TPSA) is 29.3 Å². The van der Waals surface area contributed by atoms with Gasteiger partial charge in [-0.3, -0.25) is 0 Å². The number of rotatable bonds is 6. The molecule has 1 fully saturated rings. The molecule has 1 saturated carbocycles. The van der Waals surface area contributed by atoms with E-state index in [0.29, 0.717) is 19.0 Å². The van der Waals surface area contributed by atoms with Crippen molar-refractivity contribution in [2.75, 3.05) is 11.4 Å². The van der Waals surface area contributed by atoms with Gasteiger partial charge in [0.05, 0.1) is 0 Å². The summed E-state index contributed by atoms with van der Waals surface area (Å²) in [5.41, 5.74) is 8.72. The third-order valence-electron chi connectivity index (χ3n) is 3.72. The molecule has 106 valence electrons. The van der Waals surface area contributed by atoms with Crippen molar-refractivity contribution in [2.24, 2.45) is 5.73 Å². The van der Waals surface area contributed by atoms with Gasteiger partial charge < -0.3 is 10.6 Å². The van der Waals surface area contributed by atoms with E-state index in [9.17, 15) is 4.39 Å². The van der Waals surface area contributed by atoms with Crippen LogP contribution in [0.3, 0.4) is 0 Å². The molecule has 2 nitrogen and oxygen atoms in total. The third-order valence-corrected chi connectivity index (χ3v) is 4.45. The van der Waals surface area contributed by atoms with E-state index in [4.69, 9.17) is 5.73 Å². The summed E-state index contributed by atoms with van der Waals surface area (Å²) in [7, 11) is 0. The number of halogens is 1. The molecule has 3 rings (SSSR count). The molecular formula is C16H19FN2S. The molecule has 0 amide bonds. The lowest BCUT2D eigenvalue weighted by Crippen LogP contribution is -2.26. The summed E-state index contributed by atoms with van der Waals surface area (Å²) in [6.07, 6.45) is 2.99. The van der Waals surface area contributed by atoms with E-state index in [2.05, 4.69) is 21.7 Å². The van der Waals surface area contributed by atoms with Crippen LogP contribution in [-0.2, 0) is 13.0 Å². The molecule has 0 spiro atoms. The first-order chi connectivity index (χ1) is 9.79. The standard InChI is InChI=1S/C16H19FN2S/c17-15-2-1-3-16(14(15)6-8-18)19(13-4-5-13)10-12-7-9-20-11-12/h1-3,7,9,11,13H,4-6,8,10,18H2. The van der Waals surface area contributed by atoms with Crippen molar-refractivity contribution in [2.45, 2.75) is 31.8 Å². The van der Waals surface area contributed by atoms with Gasteiger partial charge in [-0.1, -0.05) is 6.07 Å². The molecule has 1 heterocycles. The molecule has 4 heteroatoms. The Morgan fingerprint density at radius 1 is 1.30 bits per heavy atom. The SMILES string of the molecule is NCCc1c(F)cccc1N(Cc1ccsc1)C1CC1. The average Bonchev–Trinajstić information content (AvgIpc) is 3.16. The highest BCUT2D eigenvalue weighted by Gasteiger charge is 2.31. The van der Waals surface area contributed by atoms with E-state index in [-0.39, 0.29) is 5.82 Å². The van der Waals surface area contributed by atoms with E-state index in [1.165, 1.54) is 24.5 Å². The molecule has 0 saturated heterocycles. The molecule has 0 atom stereocenters. The van der Waals surface area contributed by atoms with E-state index >= 15 is 0 Å². The number of benzene rings is 1. The van der Waals surface area contributed by atoms with Crippen molar-refractivity contribution in [3.8, 4) is 0 Å². The Morgan fingerprint density at radius 2 is 2.15 bits per heavy atom. The molecular weight excluding hydrogens is 271 g/mol. The summed E-state index contributed by atoms with van der Waals surface area (Å²) in [6.45, 7) is 1.33. The van der Waals surface area contributed by atoms with Crippen molar-refractivity contribution in [1.29, 1.82) is 0 Å². The molecule has 0 aliphatic heterocycles. The van der Waals surface area contributed by atoms with Crippen molar-refractivity contribution in [1.82, 2.24) is 0 Å². The molecule has 2 N–H and O–H groups in total. The van der Waals surface area contributed by atoms with Crippen LogP contribution in [-0.4, -0.2) is 12.6 Å². The molecule has 20 heavy (non-hydrogen) atoms. The second-order valence-electron chi connectivity index (χ2n) is 5.27. The average molecular weight is 290 g/mol. The Morgan fingerprint density at radius 3 is 2.80 bits per heavy atom. The molecule has 2 aromatic rings. The second-order valence-corrected chi connectivity index (χ2v) is 6.05. The summed E-state index contributed by atoms with van der Waals surface area (Å²) < 4.78 is 14.1. The Kier molecular flexibility index (Phi) is 4.03. The van der Waals surface area contributed by atoms with E-state index < -0.39 is 0 Å². The van der Waals surface area contributed by atoms with Crippen LogP contribution in [0.4, 0.5) is 10.1 Å². The van der Waals surface area contributed by atoms with Crippen molar-refractivity contribution in [3.63, 3.8) is 0 Å². The van der Waals surface area contributed by atoms with Crippen LogP contribution in [0, 0.1) is 5.82 Å². The van der Waals surface area contributed by atoms with Gasteiger partial charge in [-0.25, -0.2) is 4.39 Å². The van der Waals surface area contributed by atoms with Crippen molar-refractivity contribution in [3.05, 3.63) is 52.0 Å². The summed E-state index contributed by atoms with van der Waals surface area (Å²) in [6, 6.07) is 8.05. The van der Waals surface area contributed by atoms with Crippen LogP contribution in [0.25, 0.3) is 0 Å². The number of anilines is 1. The highest BCUT2D eigenvalue weighted by molar-refractivity contribution is 7.07. The van der Waals surface area contributed by atoms with E-state index in [1.807, 2.05) is 6.07 Å². The van der Waals surface area contributed by atoms with Crippen molar-refractivity contribution < 1.29 is 4.39 Å². The number of thiophene rings is 1.